The van der Waals surface area contributed by atoms with Crippen LogP contribution in [0.3, 0.4) is 0 Å². The highest BCUT2D eigenvalue weighted by molar-refractivity contribution is 14.0. The summed E-state index contributed by atoms with van der Waals surface area (Å²) >= 11 is 5.29. The Morgan fingerprint density at radius 2 is 2.17 bits per heavy atom. The van der Waals surface area contributed by atoms with E-state index in [1.165, 1.54) is 27.9 Å². The summed E-state index contributed by atoms with van der Waals surface area (Å²) in [7, 11) is 3.61. The molecular formula is C16H27BrIN3OS. The molecule has 1 heterocycles. The standard InChI is InChI=1S/C16H26BrN3OS.HI/c1-18-15(19-10-6-13-4-5-14(17)22-13)20-12-16(7-3-8-16)9-11-21-2;/h4-5H,3,6-12H2,1-2H3,(H2,18,19,20);1H. The van der Waals surface area contributed by atoms with E-state index >= 15 is 0 Å². The highest BCUT2D eigenvalue weighted by atomic mass is 127. The summed E-state index contributed by atoms with van der Waals surface area (Å²) in [4.78, 5) is 5.70. The van der Waals surface area contributed by atoms with Gasteiger partial charge in [0.25, 0.3) is 0 Å². The molecule has 1 fully saturated rings. The van der Waals surface area contributed by atoms with E-state index in [9.17, 15) is 0 Å². The van der Waals surface area contributed by atoms with Crippen molar-refractivity contribution in [1.82, 2.24) is 10.6 Å². The molecule has 0 aliphatic heterocycles. The molecule has 4 nitrogen and oxygen atoms in total. The number of hydrogen-bond acceptors (Lipinski definition) is 3. The highest BCUT2D eigenvalue weighted by Gasteiger charge is 2.36. The van der Waals surface area contributed by atoms with Gasteiger partial charge >= 0.3 is 0 Å². The number of hydrogen-bond donors (Lipinski definition) is 2. The Bertz CT molecular complexity index is 491. The van der Waals surface area contributed by atoms with E-state index in [4.69, 9.17) is 4.74 Å². The lowest BCUT2D eigenvalue weighted by Crippen LogP contribution is -2.47. The molecule has 1 aromatic rings. The van der Waals surface area contributed by atoms with Crippen molar-refractivity contribution in [3.8, 4) is 0 Å². The highest BCUT2D eigenvalue weighted by Crippen LogP contribution is 2.43. The van der Waals surface area contributed by atoms with Crippen molar-refractivity contribution in [2.45, 2.75) is 32.1 Å². The summed E-state index contributed by atoms with van der Waals surface area (Å²) in [5, 5.41) is 6.89. The molecule has 0 amide bonds. The van der Waals surface area contributed by atoms with Gasteiger partial charge in [-0.15, -0.1) is 35.3 Å². The normalized spacial score (nSPS) is 16.4. The van der Waals surface area contributed by atoms with Crippen LogP contribution in [0, 0.1) is 5.41 Å². The maximum absolute atomic E-state index is 5.25. The van der Waals surface area contributed by atoms with Crippen LogP contribution in [0.1, 0.15) is 30.6 Å². The summed E-state index contributed by atoms with van der Waals surface area (Å²) in [6.07, 6.45) is 6.08. The zero-order valence-corrected chi connectivity index (χ0v) is 18.6. The molecular weight excluding hydrogens is 489 g/mol. The SMILES string of the molecule is CN=C(NCCc1ccc(Br)s1)NCC1(CCOC)CCC1.I. The van der Waals surface area contributed by atoms with Gasteiger partial charge in [-0.05, 0) is 59.2 Å². The van der Waals surface area contributed by atoms with Gasteiger partial charge in [0.05, 0.1) is 3.79 Å². The number of nitrogens with zero attached hydrogens (tertiary/aromatic N) is 1. The third-order valence-electron chi connectivity index (χ3n) is 4.40. The second-order valence-corrected chi connectivity index (χ2v) is 8.45. The molecule has 1 saturated carbocycles. The van der Waals surface area contributed by atoms with Crippen LogP contribution < -0.4 is 10.6 Å². The smallest absolute Gasteiger partial charge is 0.191 e. The lowest BCUT2D eigenvalue weighted by Gasteiger charge is -2.42. The molecule has 7 heteroatoms. The second kappa shape index (κ2) is 10.9. The molecule has 0 spiro atoms. The van der Waals surface area contributed by atoms with Crippen LogP contribution in [-0.2, 0) is 11.2 Å². The topological polar surface area (TPSA) is 45.7 Å². The van der Waals surface area contributed by atoms with Crippen LogP contribution in [0.5, 0.6) is 0 Å². The number of methoxy groups -OCH3 is 1. The van der Waals surface area contributed by atoms with E-state index in [-0.39, 0.29) is 24.0 Å². The van der Waals surface area contributed by atoms with Crippen molar-refractivity contribution in [1.29, 1.82) is 0 Å². The Hall–Kier alpha value is 0.140. The molecule has 0 atom stereocenters. The Morgan fingerprint density at radius 1 is 1.39 bits per heavy atom. The van der Waals surface area contributed by atoms with Gasteiger partial charge in [0.2, 0.25) is 0 Å². The second-order valence-electron chi connectivity index (χ2n) is 5.90. The summed E-state index contributed by atoms with van der Waals surface area (Å²) in [6, 6.07) is 4.27. The Kier molecular flexibility index (Phi) is 10.0. The molecule has 0 bridgehead atoms. The maximum atomic E-state index is 5.25. The van der Waals surface area contributed by atoms with Crippen molar-refractivity contribution >= 4 is 57.2 Å². The molecule has 0 saturated heterocycles. The summed E-state index contributed by atoms with van der Waals surface area (Å²) in [5.41, 5.74) is 0.409. The van der Waals surface area contributed by atoms with Crippen molar-refractivity contribution < 1.29 is 4.74 Å². The average molecular weight is 516 g/mol. The fourth-order valence-corrected chi connectivity index (χ4v) is 4.28. The van der Waals surface area contributed by atoms with Crippen molar-refractivity contribution in [3.05, 3.63) is 20.8 Å². The number of guanidine groups is 1. The average Bonchev–Trinajstić information content (AvgIpc) is 2.89. The first-order valence-corrected chi connectivity index (χ1v) is 9.46. The molecule has 23 heavy (non-hydrogen) atoms. The maximum Gasteiger partial charge on any atom is 0.191 e. The van der Waals surface area contributed by atoms with Crippen molar-refractivity contribution in [3.63, 3.8) is 0 Å². The first-order chi connectivity index (χ1) is 10.7. The van der Waals surface area contributed by atoms with Gasteiger partial charge in [0, 0.05) is 38.7 Å². The first kappa shape index (κ1) is 21.2. The van der Waals surface area contributed by atoms with Gasteiger partial charge < -0.3 is 15.4 Å². The van der Waals surface area contributed by atoms with Crippen molar-refractivity contribution in [2.75, 3.05) is 33.9 Å². The number of thiophene rings is 1. The van der Waals surface area contributed by atoms with Gasteiger partial charge in [-0.3, -0.25) is 4.99 Å². The minimum atomic E-state index is 0. The first-order valence-electron chi connectivity index (χ1n) is 7.85. The third-order valence-corrected chi connectivity index (χ3v) is 6.08. The van der Waals surface area contributed by atoms with Crippen LogP contribution in [0.4, 0.5) is 0 Å². The van der Waals surface area contributed by atoms with Gasteiger partial charge in [0.1, 0.15) is 0 Å². The fourth-order valence-electron chi connectivity index (χ4n) is 2.79. The number of ether oxygens (including phenoxy) is 1. The number of aliphatic imine (C=N–C) groups is 1. The van der Waals surface area contributed by atoms with Crippen LogP contribution >= 0.6 is 51.2 Å². The predicted molar refractivity (Wildman–Crippen MR) is 113 cm³/mol. The third kappa shape index (κ3) is 6.88. The summed E-state index contributed by atoms with van der Waals surface area (Å²) < 4.78 is 6.44. The van der Waals surface area contributed by atoms with Gasteiger partial charge in [-0.1, -0.05) is 6.42 Å². The lowest BCUT2D eigenvalue weighted by atomic mass is 9.67. The molecule has 1 aliphatic rings. The van der Waals surface area contributed by atoms with Gasteiger partial charge in [-0.2, -0.15) is 0 Å². The quantitative estimate of drug-likeness (QED) is 0.312. The van der Waals surface area contributed by atoms with E-state index in [2.05, 4.69) is 43.7 Å². The summed E-state index contributed by atoms with van der Waals surface area (Å²) in [5.74, 6) is 0.902. The molecule has 0 radical (unpaired) electrons. The molecule has 1 aliphatic carbocycles. The van der Waals surface area contributed by atoms with E-state index < -0.39 is 0 Å². The van der Waals surface area contributed by atoms with E-state index in [1.54, 1.807) is 18.4 Å². The molecule has 132 valence electrons. The Labute approximate surface area is 169 Å². The fraction of sp³-hybridized carbons (Fsp3) is 0.688. The van der Waals surface area contributed by atoms with Gasteiger partial charge in [0.15, 0.2) is 5.96 Å². The van der Waals surface area contributed by atoms with Gasteiger partial charge in [-0.25, -0.2) is 0 Å². The zero-order valence-electron chi connectivity index (χ0n) is 13.9. The van der Waals surface area contributed by atoms with Crippen LogP contribution in [0.25, 0.3) is 0 Å². The molecule has 1 aromatic heterocycles. The lowest BCUT2D eigenvalue weighted by molar-refractivity contribution is 0.0732. The number of rotatable bonds is 8. The van der Waals surface area contributed by atoms with E-state index in [0.29, 0.717) is 5.41 Å². The Balaban J connectivity index is 0.00000264. The molecule has 2 rings (SSSR count). The monoisotopic (exact) mass is 515 g/mol. The largest absolute Gasteiger partial charge is 0.385 e. The molecule has 0 unspecified atom stereocenters. The minimum Gasteiger partial charge on any atom is -0.385 e. The Morgan fingerprint density at radius 3 is 2.70 bits per heavy atom. The zero-order chi connectivity index (χ0) is 15.8. The van der Waals surface area contributed by atoms with Crippen molar-refractivity contribution in [2.24, 2.45) is 10.4 Å². The number of nitrogens with one attached hydrogen (secondary N) is 2. The molecule has 2 N–H and O–H groups in total. The van der Waals surface area contributed by atoms with Crippen LogP contribution in [-0.4, -0.2) is 39.8 Å². The minimum absolute atomic E-state index is 0. The van der Waals surface area contributed by atoms with Crippen LogP contribution in [0.2, 0.25) is 0 Å². The molecule has 0 aromatic carbocycles. The van der Waals surface area contributed by atoms with E-state index in [1.807, 2.05) is 7.05 Å². The van der Waals surface area contributed by atoms with E-state index in [0.717, 1.165) is 38.5 Å². The summed E-state index contributed by atoms with van der Waals surface area (Å²) in [6.45, 7) is 2.74. The van der Waals surface area contributed by atoms with Crippen LogP contribution in [0.15, 0.2) is 20.9 Å². The number of halogens is 2. The predicted octanol–water partition coefficient (Wildman–Crippen LogP) is 4.04.